The van der Waals surface area contributed by atoms with Gasteiger partial charge >= 0.3 is 12.2 Å². The minimum Gasteiger partial charge on any atom is -0.493 e. The average molecular weight is 417 g/mol. The molecule has 0 radical (unpaired) electrons. The molecule has 0 saturated carbocycles. The fourth-order valence-corrected chi connectivity index (χ4v) is 2.52. The predicted molar refractivity (Wildman–Crippen MR) is 108 cm³/mol. The van der Waals surface area contributed by atoms with Gasteiger partial charge in [0.2, 0.25) is 0 Å². The standard InChI is InChI=1S/C22H22F3N3O2/c1-15(2)13-29-18-10-6-9-17(11-18)27-20-19(22(23,24)25)12-26-21(28-20)30-14-16-7-4-3-5-8-16/h3-12,15H,13-14H2,1-2H3,(H,26,27,28). The number of halogens is 3. The normalized spacial score (nSPS) is 11.4. The van der Waals surface area contributed by atoms with Crippen LogP contribution < -0.4 is 14.8 Å². The topological polar surface area (TPSA) is 56.3 Å². The number of ether oxygens (including phenoxy) is 2. The molecule has 0 bridgehead atoms. The Bertz CT molecular complexity index is 963. The van der Waals surface area contributed by atoms with Crippen LogP contribution in [0, 0.1) is 5.92 Å². The summed E-state index contributed by atoms with van der Waals surface area (Å²) in [5.41, 5.74) is 0.281. The van der Waals surface area contributed by atoms with Crippen LogP contribution in [0.2, 0.25) is 0 Å². The number of nitrogens with zero attached hydrogens (tertiary/aromatic N) is 2. The maximum Gasteiger partial charge on any atom is 0.421 e. The molecule has 0 atom stereocenters. The molecule has 1 heterocycles. The predicted octanol–water partition coefficient (Wildman–Crippen LogP) is 5.85. The zero-order chi connectivity index (χ0) is 21.6. The van der Waals surface area contributed by atoms with Crippen LogP contribution in [0.25, 0.3) is 0 Å². The number of alkyl halides is 3. The van der Waals surface area contributed by atoms with E-state index in [1.165, 1.54) is 0 Å². The Hall–Kier alpha value is -3.29. The molecule has 3 aromatic rings. The SMILES string of the molecule is CC(C)COc1cccc(Nc2nc(OCc3ccccc3)ncc2C(F)(F)F)c1. The number of hydrogen-bond acceptors (Lipinski definition) is 5. The summed E-state index contributed by atoms with van der Waals surface area (Å²) >= 11 is 0. The lowest BCUT2D eigenvalue weighted by Crippen LogP contribution is -2.12. The van der Waals surface area contributed by atoms with Gasteiger partial charge in [0.05, 0.1) is 6.61 Å². The molecule has 1 N–H and O–H groups in total. The second-order valence-electron chi connectivity index (χ2n) is 7.04. The molecule has 0 spiro atoms. The van der Waals surface area contributed by atoms with E-state index in [0.29, 0.717) is 24.0 Å². The number of benzene rings is 2. The first-order valence-electron chi connectivity index (χ1n) is 9.42. The summed E-state index contributed by atoms with van der Waals surface area (Å²) in [4.78, 5) is 7.66. The van der Waals surface area contributed by atoms with E-state index in [4.69, 9.17) is 9.47 Å². The molecule has 2 aromatic carbocycles. The van der Waals surface area contributed by atoms with E-state index in [1.807, 2.05) is 44.2 Å². The van der Waals surface area contributed by atoms with E-state index >= 15 is 0 Å². The van der Waals surface area contributed by atoms with Crippen molar-refractivity contribution in [3.63, 3.8) is 0 Å². The van der Waals surface area contributed by atoms with E-state index in [9.17, 15) is 13.2 Å². The molecule has 0 amide bonds. The minimum absolute atomic E-state index is 0.143. The minimum atomic E-state index is -4.62. The van der Waals surface area contributed by atoms with Gasteiger partial charge in [-0.3, -0.25) is 0 Å². The van der Waals surface area contributed by atoms with Crippen molar-refractivity contribution in [2.24, 2.45) is 5.92 Å². The van der Waals surface area contributed by atoms with Gasteiger partial charge in [-0.1, -0.05) is 50.2 Å². The van der Waals surface area contributed by atoms with Crippen LogP contribution in [0.3, 0.4) is 0 Å². The number of nitrogens with one attached hydrogen (secondary N) is 1. The van der Waals surface area contributed by atoms with Crippen LogP contribution in [0.1, 0.15) is 25.0 Å². The van der Waals surface area contributed by atoms with E-state index in [2.05, 4.69) is 15.3 Å². The van der Waals surface area contributed by atoms with Gasteiger partial charge in [0, 0.05) is 18.0 Å². The van der Waals surface area contributed by atoms with Crippen LogP contribution in [-0.4, -0.2) is 16.6 Å². The van der Waals surface area contributed by atoms with Gasteiger partial charge in [0.25, 0.3) is 0 Å². The summed E-state index contributed by atoms with van der Waals surface area (Å²) in [5.74, 6) is 0.489. The van der Waals surface area contributed by atoms with Gasteiger partial charge in [-0.15, -0.1) is 0 Å². The van der Waals surface area contributed by atoms with Crippen molar-refractivity contribution in [1.29, 1.82) is 0 Å². The van der Waals surface area contributed by atoms with Crippen molar-refractivity contribution in [2.75, 3.05) is 11.9 Å². The van der Waals surface area contributed by atoms with Crippen LogP contribution in [0.15, 0.2) is 60.8 Å². The highest BCUT2D eigenvalue weighted by Gasteiger charge is 2.35. The smallest absolute Gasteiger partial charge is 0.421 e. The third-order valence-electron chi connectivity index (χ3n) is 3.96. The number of anilines is 2. The van der Waals surface area contributed by atoms with Gasteiger partial charge in [-0.05, 0) is 23.6 Å². The molecule has 8 heteroatoms. The molecule has 0 saturated heterocycles. The van der Waals surface area contributed by atoms with Crippen molar-refractivity contribution in [3.8, 4) is 11.8 Å². The molecule has 1 aromatic heterocycles. The lowest BCUT2D eigenvalue weighted by Gasteiger charge is -2.15. The molecular weight excluding hydrogens is 395 g/mol. The van der Waals surface area contributed by atoms with Crippen LogP contribution in [0.5, 0.6) is 11.8 Å². The maximum absolute atomic E-state index is 13.4. The lowest BCUT2D eigenvalue weighted by atomic mass is 10.2. The number of rotatable bonds is 8. The highest BCUT2D eigenvalue weighted by Crippen LogP contribution is 2.35. The fraction of sp³-hybridized carbons (Fsp3) is 0.273. The van der Waals surface area contributed by atoms with Crippen LogP contribution in [-0.2, 0) is 12.8 Å². The zero-order valence-electron chi connectivity index (χ0n) is 16.6. The van der Waals surface area contributed by atoms with Crippen LogP contribution >= 0.6 is 0 Å². The van der Waals surface area contributed by atoms with Gasteiger partial charge in [0.15, 0.2) is 0 Å². The first-order valence-corrected chi connectivity index (χ1v) is 9.42. The Balaban J connectivity index is 1.81. The van der Waals surface area contributed by atoms with Crippen molar-refractivity contribution >= 4 is 11.5 Å². The summed E-state index contributed by atoms with van der Waals surface area (Å²) < 4.78 is 51.4. The Morgan fingerprint density at radius 1 is 1.00 bits per heavy atom. The summed E-state index contributed by atoms with van der Waals surface area (Å²) in [6.45, 7) is 4.66. The largest absolute Gasteiger partial charge is 0.493 e. The molecule has 158 valence electrons. The van der Waals surface area contributed by atoms with E-state index in [0.717, 1.165) is 11.8 Å². The Morgan fingerprint density at radius 3 is 2.47 bits per heavy atom. The van der Waals surface area contributed by atoms with E-state index < -0.39 is 11.7 Å². The molecule has 30 heavy (non-hydrogen) atoms. The summed E-state index contributed by atoms with van der Waals surface area (Å²) in [5, 5.41) is 2.71. The van der Waals surface area contributed by atoms with Crippen molar-refractivity contribution in [3.05, 3.63) is 71.9 Å². The Morgan fingerprint density at radius 2 is 1.77 bits per heavy atom. The third-order valence-corrected chi connectivity index (χ3v) is 3.96. The molecule has 0 unspecified atom stereocenters. The summed E-state index contributed by atoms with van der Waals surface area (Å²) in [6.07, 6.45) is -3.90. The lowest BCUT2D eigenvalue weighted by molar-refractivity contribution is -0.137. The van der Waals surface area contributed by atoms with Crippen molar-refractivity contribution < 1.29 is 22.6 Å². The van der Waals surface area contributed by atoms with Gasteiger partial charge in [-0.25, -0.2) is 4.98 Å². The highest BCUT2D eigenvalue weighted by molar-refractivity contribution is 5.61. The maximum atomic E-state index is 13.4. The molecule has 0 aliphatic rings. The first-order chi connectivity index (χ1) is 14.3. The number of hydrogen-bond donors (Lipinski definition) is 1. The van der Waals surface area contributed by atoms with Gasteiger partial charge in [-0.2, -0.15) is 18.2 Å². The Kier molecular flexibility index (Phi) is 6.76. The molecule has 5 nitrogen and oxygen atoms in total. The Labute approximate surface area is 172 Å². The second-order valence-corrected chi connectivity index (χ2v) is 7.04. The van der Waals surface area contributed by atoms with E-state index in [1.54, 1.807) is 24.3 Å². The summed E-state index contributed by atoms with van der Waals surface area (Å²) in [7, 11) is 0. The van der Waals surface area contributed by atoms with Crippen molar-refractivity contribution in [2.45, 2.75) is 26.6 Å². The quantitative estimate of drug-likeness (QED) is 0.498. The molecule has 0 aliphatic heterocycles. The zero-order valence-corrected chi connectivity index (χ0v) is 16.6. The van der Waals surface area contributed by atoms with E-state index in [-0.39, 0.29) is 18.4 Å². The average Bonchev–Trinajstić information content (AvgIpc) is 2.71. The third kappa shape index (κ3) is 6.10. The molecule has 0 fully saturated rings. The van der Waals surface area contributed by atoms with Crippen molar-refractivity contribution in [1.82, 2.24) is 9.97 Å². The summed E-state index contributed by atoms with van der Waals surface area (Å²) in [6, 6.07) is 15.8. The molecule has 0 aliphatic carbocycles. The van der Waals surface area contributed by atoms with Crippen LogP contribution in [0.4, 0.5) is 24.7 Å². The highest BCUT2D eigenvalue weighted by atomic mass is 19.4. The first kappa shape index (κ1) is 21.4. The molecular formula is C22H22F3N3O2. The monoisotopic (exact) mass is 417 g/mol. The number of aromatic nitrogens is 2. The molecule has 3 rings (SSSR count). The van der Waals surface area contributed by atoms with Gasteiger partial charge < -0.3 is 14.8 Å². The second kappa shape index (κ2) is 9.47. The fourth-order valence-electron chi connectivity index (χ4n) is 2.52. The van der Waals surface area contributed by atoms with Gasteiger partial charge in [0.1, 0.15) is 23.7 Å².